The Morgan fingerprint density at radius 3 is 2.34 bits per heavy atom. The summed E-state index contributed by atoms with van der Waals surface area (Å²) >= 11 is 0. The second kappa shape index (κ2) is 10.2. The number of imide groups is 1. The van der Waals surface area contributed by atoms with Crippen molar-refractivity contribution in [3.63, 3.8) is 0 Å². The molecule has 2 aromatic carbocycles. The summed E-state index contributed by atoms with van der Waals surface area (Å²) in [6, 6.07) is 11.8. The summed E-state index contributed by atoms with van der Waals surface area (Å²) in [5, 5.41) is 8.89. The maximum Gasteiger partial charge on any atom is 0.329 e. The van der Waals surface area contributed by atoms with Gasteiger partial charge in [-0.15, -0.1) is 0 Å². The van der Waals surface area contributed by atoms with E-state index in [1.807, 2.05) is 47.8 Å². The third-order valence-electron chi connectivity index (χ3n) is 4.29. The maximum absolute atomic E-state index is 12.5. The van der Waals surface area contributed by atoms with Crippen LogP contribution in [0.25, 0.3) is 10.8 Å². The van der Waals surface area contributed by atoms with Gasteiger partial charge in [0.05, 0.1) is 6.42 Å². The highest BCUT2D eigenvalue weighted by Crippen LogP contribution is 2.19. The van der Waals surface area contributed by atoms with E-state index in [0.29, 0.717) is 0 Å². The molecule has 1 atom stereocenters. The molecule has 0 aromatic heterocycles. The molecule has 0 fully saturated rings. The number of rotatable bonds is 7. The molecule has 3 N–H and O–H groups in total. The van der Waals surface area contributed by atoms with Gasteiger partial charge in [-0.05, 0) is 22.3 Å². The van der Waals surface area contributed by atoms with Crippen LogP contribution in [-0.2, 0) is 25.5 Å². The summed E-state index contributed by atoms with van der Waals surface area (Å²) in [4.78, 5) is 47.5. The minimum Gasteiger partial charge on any atom is -0.454 e. The van der Waals surface area contributed by atoms with Crippen molar-refractivity contribution in [3.8, 4) is 0 Å². The van der Waals surface area contributed by atoms with Gasteiger partial charge in [0.2, 0.25) is 5.91 Å². The highest BCUT2D eigenvalue weighted by atomic mass is 16.5. The average Bonchev–Trinajstić information content (AvgIpc) is 2.70. The fourth-order valence-corrected chi connectivity index (χ4v) is 2.79. The van der Waals surface area contributed by atoms with Crippen molar-refractivity contribution in [1.29, 1.82) is 0 Å². The Morgan fingerprint density at radius 1 is 0.966 bits per heavy atom. The van der Waals surface area contributed by atoms with Crippen LogP contribution < -0.4 is 16.0 Å². The van der Waals surface area contributed by atoms with Gasteiger partial charge in [-0.25, -0.2) is 9.59 Å². The molecule has 0 bridgehead atoms. The number of fused-ring (bicyclic) bond motifs is 1. The summed E-state index contributed by atoms with van der Waals surface area (Å²) < 4.78 is 4.95. The molecule has 29 heavy (non-hydrogen) atoms. The van der Waals surface area contributed by atoms with Gasteiger partial charge in [0.15, 0.2) is 6.61 Å². The van der Waals surface area contributed by atoms with E-state index in [0.717, 1.165) is 16.3 Å². The molecule has 0 heterocycles. The van der Waals surface area contributed by atoms with E-state index in [2.05, 4.69) is 10.6 Å². The predicted octanol–water partition coefficient (Wildman–Crippen LogP) is 1.52. The third kappa shape index (κ3) is 6.31. The van der Waals surface area contributed by atoms with E-state index >= 15 is 0 Å². The van der Waals surface area contributed by atoms with Gasteiger partial charge in [0.1, 0.15) is 6.04 Å². The number of ether oxygens (including phenoxy) is 1. The Balaban J connectivity index is 1.98. The molecule has 8 heteroatoms. The zero-order valence-electron chi connectivity index (χ0n) is 16.7. The van der Waals surface area contributed by atoms with Gasteiger partial charge >= 0.3 is 12.0 Å². The molecule has 0 aliphatic rings. The normalized spacial score (nSPS) is 11.6. The van der Waals surface area contributed by atoms with E-state index in [1.165, 1.54) is 7.05 Å². The zero-order chi connectivity index (χ0) is 21.4. The minimum absolute atomic E-state index is 0.106. The van der Waals surface area contributed by atoms with E-state index in [4.69, 9.17) is 4.74 Å². The number of carbonyl (C=O) groups is 4. The van der Waals surface area contributed by atoms with Crippen molar-refractivity contribution in [2.75, 3.05) is 13.7 Å². The Labute approximate surface area is 169 Å². The minimum atomic E-state index is -0.912. The van der Waals surface area contributed by atoms with Crippen LogP contribution in [0.5, 0.6) is 0 Å². The molecule has 2 aromatic rings. The molecule has 4 amide bonds. The Hall–Kier alpha value is -3.42. The molecule has 154 valence electrons. The Bertz CT molecular complexity index is 905. The van der Waals surface area contributed by atoms with Gasteiger partial charge < -0.3 is 15.4 Å². The standard InChI is InChI=1S/C21H25N3O5/c1-13(2)19(20(27)29-12-18(26)24-21(28)22-3)23-17(25)11-15-9-6-8-14-7-4-5-10-16(14)15/h4-10,13,19H,11-12H2,1-3H3,(H,23,25)(H2,22,24,26,28)/t19-/m0/s1. The van der Waals surface area contributed by atoms with Crippen LogP contribution >= 0.6 is 0 Å². The molecule has 0 unspecified atom stereocenters. The van der Waals surface area contributed by atoms with Crippen LogP contribution in [0.1, 0.15) is 19.4 Å². The SMILES string of the molecule is CNC(=O)NC(=O)COC(=O)[C@@H](NC(=O)Cc1cccc2ccccc12)C(C)C. The number of hydrogen-bond acceptors (Lipinski definition) is 5. The Morgan fingerprint density at radius 2 is 1.66 bits per heavy atom. The van der Waals surface area contributed by atoms with Gasteiger partial charge in [-0.3, -0.25) is 14.9 Å². The van der Waals surface area contributed by atoms with Gasteiger partial charge in [-0.1, -0.05) is 56.3 Å². The van der Waals surface area contributed by atoms with Crippen LogP contribution in [0.2, 0.25) is 0 Å². The fraction of sp³-hybridized carbons (Fsp3) is 0.333. The van der Waals surface area contributed by atoms with Gasteiger partial charge in [-0.2, -0.15) is 0 Å². The first-order chi connectivity index (χ1) is 13.8. The van der Waals surface area contributed by atoms with Crippen LogP contribution in [0, 0.1) is 5.92 Å². The molecular weight excluding hydrogens is 374 g/mol. The number of urea groups is 1. The van der Waals surface area contributed by atoms with E-state index in [-0.39, 0.29) is 18.2 Å². The summed E-state index contributed by atoms with van der Waals surface area (Å²) in [6.07, 6.45) is 0.106. The number of amides is 4. The van der Waals surface area contributed by atoms with Gasteiger partial charge in [0.25, 0.3) is 5.91 Å². The summed E-state index contributed by atoms with van der Waals surface area (Å²) in [6.45, 7) is 2.90. The third-order valence-corrected chi connectivity index (χ3v) is 4.29. The van der Waals surface area contributed by atoms with Crippen molar-refractivity contribution in [2.45, 2.75) is 26.3 Å². The number of benzene rings is 2. The molecule has 0 radical (unpaired) electrons. The first-order valence-electron chi connectivity index (χ1n) is 9.26. The lowest BCUT2D eigenvalue weighted by molar-refractivity contribution is -0.152. The van der Waals surface area contributed by atoms with E-state index in [9.17, 15) is 19.2 Å². The topological polar surface area (TPSA) is 114 Å². The summed E-state index contributed by atoms with van der Waals surface area (Å²) in [5.41, 5.74) is 0.849. The van der Waals surface area contributed by atoms with Crippen molar-refractivity contribution < 1.29 is 23.9 Å². The monoisotopic (exact) mass is 399 g/mol. The van der Waals surface area contributed by atoms with E-state index in [1.54, 1.807) is 13.8 Å². The number of esters is 1. The molecule has 8 nitrogen and oxygen atoms in total. The predicted molar refractivity (Wildman–Crippen MR) is 108 cm³/mol. The largest absolute Gasteiger partial charge is 0.454 e. The highest BCUT2D eigenvalue weighted by molar-refractivity contribution is 5.96. The molecular formula is C21H25N3O5. The lowest BCUT2D eigenvalue weighted by Crippen LogP contribution is -2.47. The summed E-state index contributed by atoms with van der Waals surface area (Å²) in [7, 11) is 1.36. The second-order valence-electron chi connectivity index (χ2n) is 6.84. The smallest absolute Gasteiger partial charge is 0.329 e. The van der Waals surface area contributed by atoms with Crippen molar-refractivity contribution in [3.05, 3.63) is 48.0 Å². The Kier molecular flexibility index (Phi) is 7.70. The zero-order valence-corrected chi connectivity index (χ0v) is 16.7. The fourth-order valence-electron chi connectivity index (χ4n) is 2.79. The van der Waals surface area contributed by atoms with Crippen LogP contribution in [-0.4, -0.2) is 43.5 Å². The van der Waals surface area contributed by atoms with E-state index < -0.39 is 30.6 Å². The van der Waals surface area contributed by atoms with Crippen molar-refractivity contribution in [2.24, 2.45) is 5.92 Å². The highest BCUT2D eigenvalue weighted by Gasteiger charge is 2.26. The van der Waals surface area contributed by atoms with Crippen molar-refractivity contribution >= 4 is 34.6 Å². The van der Waals surface area contributed by atoms with Crippen molar-refractivity contribution in [1.82, 2.24) is 16.0 Å². The maximum atomic E-state index is 12.5. The van der Waals surface area contributed by atoms with Crippen LogP contribution in [0.4, 0.5) is 4.79 Å². The van der Waals surface area contributed by atoms with Crippen LogP contribution in [0.15, 0.2) is 42.5 Å². The second-order valence-corrected chi connectivity index (χ2v) is 6.84. The first-order valence-corrected chi connectivity index (χ1v) is 9.26. The van der Waals surface area contributed by atoms with Crippen LogP contribution in [0.3, 0.4) is 0 Å². The molecule has 0 saturated heterocycles. The van der Waals surface area contributed by atoms with Gasteiger partial charge in [0, 0.05) is 7.05 Å². The number of hydrogen-bond donors (Lipinski definition) is 3. The molecule has 2 rings (SSSR count). The first kappa shape index (κ1) is 21.9. The molecule has 0 aliphatic carbocycles. The quantitative estimate of drug-likeness (QED) is 0.611. The molecule has 0 aliphatic heterocycles. The lowest BCUT2D eigenvalue weighted by atomic mass is 10.0. The lowest BCUT2D eigenvalue weighted by Gasteiger charge is -2.21. The average molecular weight is 399 g/mol. The number of carbonyl (C=O) groups excluding carboxylic acids is 4. The number of nitrogens with one attached hydrogen (secondary N) is 3. The molecule has 0 saturated carbocycles. The summed E-state index contributed by atoms with van der Waals surface area (Å²) in [5.74, 6) is -2.08. The molecule has 0 spiro atoms.